The second-order valence-electron chi connectivity index (χ2n) is 8.89. The lowest BCUT2D eigenvalue weighted by atomic mass is 10.0. The zero-order valence-electron chi connectivity index (χ0n) is 21.3. The molecule has 1 aromatic carbocycles. The van der Waals surface area contributed by atoms with Gasteiger partial charge in [-0.2, -0.15) is 0 Å². The van der Waals surface area contributed by atoms with Crippen LogP contribution in [-0.4, -0.2) is 81.6 Å². The van der Waals surface area contributed by atoms with Crippen LogP contribution in [-0.2, 0) is 35.2 Å². The van der Waals surface area contributed by atoms with E-state index in [1.54, 1.807) is 0 Å². The van der Waals surface area contributed by atoms with E-state index in [1.165, 1.54) is 24.3 Å². The maximum Gasteiger partial charge on any atom is 0.326 e. The molecule has 0 saturated heterocycles. The number of amides is 4. The molecular formula is C24H36N6O9. The predicted molar refractivity (Wildman–Crippen MR) is 137 cm³/mol. The molecule has 0 aliphatic heterocycles. The first-order valence-corrected chi connectivity index (χ1v) is 12.2. The minimum Gasteiger partial charge on any atom is -0.508 e. The smallest absolute Gasteiger partial charge is 0.326 e. The molecule has 1 rings (SSSR count). The number of hydrogen-bond acceptors (Lipinski definition) is 9. The van der Waals surface area contributed by atoms with Gasteiger partial charge in [0, 0.05) is 12.8 Å². The number of aliphatic carboxylic acids is 2. The third kappa shape index (κ3) is 12.7. The predicted octanol–water partition coefficient (Wildman–Crippen LogP) is -2.33. The summed E-state index contributed by atoms with van der Waals surface area (Å²) in [6.07, 6.45) is -0.498. The zero-order chi connectivity index (χ0) is 29.5. The van der Waals surface area contributed by atoms with Crippen LogP contribution in [0.4, 0.5) is 0 Å². The van der Waals surface area contributed by atoms with Crippen LogP contribution >= 0.6 is 0 Å². The lowest BCUT2D eigenvalue weighted by Crippen LogP contribution is -2.57. The number of benzene rings is 1. The van der Waals surface area contributed by atoms with E-state index in [4.69, 9.17) is 22.3 Å². The third-order valence-corrected chi connectivity index (χ3v) is 5.61. The van der Waals surface area contributed by atoms with E-state index in [2.05, 4.69) is 16.0 Å². The van der Waals surface area contributed by atoms with Gasteiger partial charge in [0.1, 0.15) is 23.9 Å². The van der Waals surface area contributed by atoms with Gasteiger partial charge in [-0.25, -0.2) is 4.79 Å². The molecule has 0 radical (unpaired) electrons. The Hall–Kier alpha value is -4.24. The number of carbonyl (C=O) groups is 6. The second-order valence-corrected chi connectivity index (χ2v) is 8.89. The van der Waals surface area contributed by atoms with Crippen LogP contribution in [0.2, 0.25) is 0 Å². The molecule has 4 atom stereocenters. The highest BCUT2D eigenvalue weighted by Crippen LogP contribution is 2.12. The summed E-state index contributed by atoms with van der Waals surface area (Å²) in [4.78, 5) is 72.5. The Balaban J connectivity index is 3.16. The van der Waals surface area contributed by atoms with Gasteiger partial charge in [0.15, 0.2) is 0 Å². The number of nitrogens with one attached hydrogen (secondary N) is 3. The van der Waals surface area contributed by atoms with E-state index < -0.39 is 72.6 Å². The summed E-state index contributed by atoms with van der Waals surface area (Å²) in [5, 5.41) is 35.2. The molecule has 0 bridgehead atoms. The number of primary amides is 1. The molecule has 0 spiro atoms. The van der Waals surface area contributed by atoms with E-state index >= 15 is 0 Å². The fourth-order valence-corrected chi connectivity index (χ4v) is 3.50. The molecule has 12 N–H and O–H groups in total. The van der Waals surface area contributed by atoms with Gasteiger partial charge in [-0.1, -0.05) is 12.1 Å². The summed E-state index contributed by atoms with van der Waals surface area (Å²) < 4.78 is 0. The number of unbranched alkanes of at least 4 members (excludes halogenated alkanes) is 1. The lowest BCUT2D eigenvalue weighted by Gasteiger charge is -2.25. The van der Waals surface area contributed by atoms with Crippen molar-refractivity contribution in [2.75, 3.05) is 6.54 Å². The minimum atomic E-state index is -1.46. The summed E-state index contributed by atoms with van der Waals surface area (Å²) in [5.41, 5.74) is 16.6. The number of hydrogen-bond donors (Lipinski definition) is 9. The molecule has 4 amide bonds. The average Bonchev–Trinajstić information content (AvgIpc) is 2.85. The molecule has 15 nitrogen and oxygen atoms in total. The maximum absolute atomic E-state index is 13.1. The Kier molecular flexibility index (Phi) is 13.9. The molecule has 39 heavy (non-hydrogen) atoms. The van der Waals surface area contributed by atoms with Gasteiger partial charge in [-0.05, 0) is 49.9 Å². The molecule has 0 aromatic heterocycles. The SMILES string of the molecule is NCCCCC(NC(=O)C(Cc1ccc(O)cc1)NC(=O)C(CCC(=O)O)NC(=O)C(N)CC(N)=O)C(=O)O. The molecule has 216 valence electrons. The van der Waals surface area contributed by atoms with Crippen LogP contribution in [0.25, 0.3) is 0 Å². The van der Waals surface area contributed by atoms with E-state index in [0.29, 0.717) is 24.9 Å². The first-order valence-electron chi connectivity index (χ1n) is 12.2. The van der Waals surface area contributed by atoms with Crippen LogP contribution in [0.15, 0.2) is 24.3 Å². The third-order valence-electron chi connectivity index (χ3n) is 5.61. The minimum absolute atomic E-state index is 0.0432. The summed E-state index contributed by atoms with van der Waals surface area (Å²) >= 11 is 0. The number of phenolic OH excluding ortho intramolecular Hbond substituents is 1. The van der Waals surface area contributed by atoms with Crippen molar-refractivity contribution < 1.29 is 44.1 Å². The Labute approximate surface area is 224 Å². The molecular weight excluding hydrogens is 516 g/mol. The topological polar surface area (TPSA) is 277 Å². The molecule has 0 saturated carbocycles. The van der Waals surface area contributed by atoms with E-state index in [0.717, 1.165) is 0 Å². The summed E-state index contributed by atoms with van der Waals surface area (Å²) in [6.45, 7) is 0.340. The van der Waals surface area contributed by atoms with Crippen LogP contribution in [0, 0.1) is 0 Å². The Bertz CT molecular complexity index is 1020. The van der Waals surface area contributed by atoms with Crippen molar-refractivity contribution in [1.29, 1.82) is 0 Å². The number of aromatic hydroxyl groups is 1. The van der Waals surface area contributed by atoms with Gasteiger partial charge in [0.2, 0.25) is 23.6 Å². The first-order chi connectivity index (χ1) is 18.3. The molecule has 1 aromatic rings. The van der Waals surface area contributed by atoms with Crippen molar-refractivity contribution >= 4 is 35.6 Å². The van der Waals surface area contributed by atoms with Gasteiger partial charge in [-0.3, -0.25) is 24.0 Å². The van der Waals surface area contributed by atoms with Gasteiger partial charge in [0.25, 0.3) is 0 Å². The summed E-state index contributed by atoms with van der Waals surface area (Å²) in [7, 11) is 0. The van der Waals surface area contributed by atoms with Crippen molar-refractivity contribution in [2.24, 2.45) is 17.2 Å². The van der Waals surface area contributed by atoms with Crippen LogP contribution < -0.4 is 33.2 Å². The second kappa shape index (κ2) is 16.6. The van der Waals surface area contributed by atoms with Gasteiger partial charge in [0.05, 0.1) is 12.5 Å². The molecule has 0 fully saturated rings. The summed E-state index contributed by atoms with van der Waals surface area (Å²) in [6, 6.07) is 0.226. The fraction of sp³-hybridized carbons (Fsp3) is 0.500. The largest absolute Gasteiger partial charge is 0.508 e. The van der Waals surface area contributed by atoms with Crippen molar-refractivity contribution in [3.05, 3.63) is 29.8 Å². The van der Waals surface area contributed by atoms with Crippen molar-refractivity contribution in [2.45, 2.75) is 69.1 Å². The molecule has 15 heteroatoms. The van der Waals surface area contributed by atoms with Crippen molar-refractivity contribution in [3.63, 3.8) is 0 Å². The van der Waals surface area contributed by atoms with Gasteiger partial charge < -0.3 is 48.5 Å². The Morgan fingerprint density at radius 2 is 1.36 bits per heavy atom. The summed E-state index contributed by atoms with van der Waals surface area (Å²) in [5.74, 6) is -6.18. The number of carboxylic acid groups (broad SMARTS) is 2. The number of rotatable bonds is 18. The molecule has 0 heterocycles. The highest BCUT2D eigenvalue weighted by molar-refractivity contribution is 5.95. The molecule has 4 unspecified atom stereocenters. The number of carboxylic acids is 2. The lowest BCUT2D eigenvalue weighted by molar-refractivity contribution is -0.142. The fourth-order valence-electron chi connectivity index (χ4n) is 3.50. The van der Waals surface area contributed by atoms with E-state index in [1.807, 2.05) is 0 Å². The van der Waals surface area contributed by atoms with E-state index in [-0.39, 0.29) is 25.0 Å². The standard InChI is InChI=1S/C24H36N6O9/c25-10-2-1-3-17(24(38)39)29-23(37)18(11-13-4-6-14(31)7-5-13)30-22(36)16(8-9-20(33)34)28-21(35)15(26)12-19(27)32/h4-7,15-18,31H,1-3,8-12,25-26H2,(H2,27,32)(H,28,35)(H,29,37)(H,30,36)(H,33,34)(H,38,39). The normalized spacial score (nSPS) is 13.8. The average molecular weight is 553 g/mol. The van der Waals surface area contributed by atoms with Crippen LogP contribution in [0.5, 0.6) is 5.75 Å². The molecule has 0 aliphatic carbocycles. The monoisotopic (exact) mass is 552 g/mol. The number of nitrogens with two attached hydrogens (primary N) is 3. The van der Waals surface area contributed by atoms with Gasteiger partial charge in [-0.15, -0.1) is 0 Å². The quantitative estimate of drug-likeness (QED) is 0.0871. The first kappa shape index (κ1) is 32.8. The Morgan fingerprint density at radius 1 is 0.795 bits per heavy atom. The molecule has 0 aliphatic rings. The van der Waals surface area contributed by atoms with Gasteiger partial charge >= 0.3 is 11.9 Å². The number of phenols is 1. The Morgan fingerprint density at radius 3 is 1.90 bits per heavy atom. The highest BCUT2D eigenvalue weighted by atomic mass is 16.4. The van der Waals surface area contributed by atoms with Crippen LogP contribution in [0.3, 0.4) is 0 Å². The maximum atomic E-state index is 13.1. The van der Waals surface area contributed by atoms with Crippen LogP contribution in [0.1, 0.15) is 44.1 Å². The number of carbonyl (C=O) groups excluding carboxylic acids is 4. The highest BCUT2D eigenvalue weighted by Gasteiger charge is 2.31. The van der Waals surface area contributed by atoms with Crippen molar-refractivity contribution in [1.82, 2.24) is 16.0 Å². The zero-order valence-corrected chi connectivity index (χ0v) is 21.3. The van der Waals surface area contributed by atoms with Crippen molar-refractivity contribution in [3.8, 4) is 5.75 Å². The van der Waals surface area contributed by atoms with E-state index in [9.17, 15) is 39.0 Å².